The number of anilines is 3. The lowest BCUT2D eigenvalue weighted by Crippen LogP contribution is -2.49. The fraction of sp³-hybridized carbons (Fsp3) is 0.381. The SMILES string of the molecule is Cc1ccnc(Nc2cc(N3CCN(C(=O)c4c(C)nn(C)c4C)CC3)ncn2)c1. The van der Waals surface area contributed by atoms with E-state index in [0.717, 1.165) is 28.6 Å². The van der Waals surface area contributed by atoms with Crippen LogP contribution in [-0.4, -0.2) is 61.7 Å². The summed E-state index contributed by atoms with van der Waals surface area (Å²) in [4.78, 5) is 30.1. The third kappa shape index (κ3) is 3.96. The minimum atomic E-state index is 0.0494. The number of nitrogens with one attached hydrogen (secondary N) is 1. The van der Waals surface area contributed by atoms with Crippen LogP contribution in [0.2, 0.25) is 0 Å². The Morgan fingerprint density at radius 1 is 1.00 bits per heavy atom. The van der Waals surface area contributed by atoms with Crippen LogP contribution >= 0.6 is 0 Å². The first-order valence-electron chi connectivity index (χ1n) is 9.98. The summed E-state index contributed by atoms with van der Waals surface area (Å²) in [5, 5.41) is 7.59. The van der Waals surface area contributed by atoms with Crippen molar-refractivity contribution in [2.45, 2.75) is 20.8 Å². The van der Waals surface area contributed by atoms with Crippen molar-refractivity contribution in [2.75, 3.05) is 36.4 Å². The average molecular weight is 406 g/mol. The Labute approximate surface area is 175 Å². The molecule has 4 heterocycles. The fourth-order valence-electron chi connectivity index (χ4n) is 3.70. The summed E-state index contributed by atoms with van der Waals surface area (Å²) in [5.41, 5.74) is 3.52. The number of carbonyl (C=O) groups is 1. The van der Waals surface area contributed by atoms with Gasteiger partial charge in [-0.15, -0.1) is 0 Å². The summed E-state index contributed by atoms with van der Waals surface area (Å²) >= 11 is 0. The molecule has 9 nitrogen and oxygen atoms in total. The van der Waals surface area contributed by atoms with Crippen LogP contribution in [0.5, 0.6) is 0 Å². The molecule has 0 aromatic carbocycles. The maximum atomic E-state index is 13.0. The molecule has 9 heteroatoms. The number of aryl methyl sites for hydroxylation is 3. The molecule has 156 valence electrons. The Kier molecular flexibility index (Phi) is 5.35. The molecule has 0 saturated carbocycles. The van der Waals surface area contributed by atoms with E-state index in [4.69, 9.17) is 0 Å². The summed E-state index contributed by atoms with van der Waals surface area (Å²) < 4.78 is 1.76. The van der Waals surface area contributed by atoms with Crippen LogP contribution in [0.3, 0.4) is 0 Å². The van der Waals surface area contributed by atoms with E-state index in [1.54, 1.807) is 17.2 Å². The van der Waals surface area contributed by atoms with E-state index in [-0.39, 0.29) is 5.91 Å². The lowest BCUT2D eigenvalue weighted by atomic mass is 10.1. The van der Waals surface area contributed by atoms with Gasteiger partial charge in [0.2, 0.25) is 0 Å². The van der Waals surface area contributed by atoms with Gasteiger partial charge in [-0.3, -0.25) is 9.48 Å². The van der Waals surface area contributed by atoms with Gasteiger partial charge in [-0.2, -0.15) is 5.10 Å². The zero-order valence-corrected chi connectivity index (χ0v) is 17.8. The molecule has 0 unspecified atom stereocenters. The Bertz CT molecular complexity index is 1070. The van der Waals surface area contributed by atoms with Crippen LogP contribution < -0.4 is 10.2 Å². The number of carbonyl (C=O) groups excluding carboxylic acids is 1. The van der Waals surface area contributed by atoms with E-state index in [9.17, 15) is 4.79 Å². The van der Waals surface area contributed by atoms with Crippen LogP contribution in [-0.2, 0) is 7.05 Å². The second-order valence-electron chi connectivity index (χ2n) is 7.55. The maximum absolute atomic E-state index is 13.0. The van der Waals surface area contributed by atoms with E-state index >= 15 is 0 Å². The third-order valence-electron chi connectivity index (χ3n) is 5.44. The largest absolute Gasteiger partial charge is 0.353 e. The number of piperazine rings is 1. The molecule has 0 radical (unpaired) electrons. The van der Waals surface area contributed by atoms with Crippen LogP contribution in [0.4, 0.5) is 17.5 Å². The van der Waals surface area contributed by atoms with Crippen molar-refractivity contribution in [3.05, 3.63) is 53.2 Å². The van der Waals surface area contributed by atoms with Gasteiger partial charge in [0.1, 0.15) is 23.8 Å². The van der Waals surface area contributed by atoms with Crippen molar-refractivity contribution >= 4 is 23.4 Å². The van der Waals surface area contributed by atoms with Crippen LogP contribution in [0.15, 0.2) is 30.7 Å². The van der Waals surface area contributed by atoms with Crippen molar-refractivity contribution < 1.29 is 4.79 Å². The van der Waals surface area contributed by atoms with Crippen LogP contribution in [0, 0.1) is 20.8 Å². The standard InChI is InChI=1S/C21H26N8O/c1-14-5-6-22-17(11-14)25-18-12-19(24-13-23-18)28-7-9-29(10-8-28)21(30)20-15(2)26-27(4)16(20)3/h5-6,11-13H,7-10H2,1-4H3,(H,22,23,24,25). The van der Waals surface area contributed by atoms with Crippen molar-refractivity contribution in [1.82, 2.24) is 29.6 Å². The van der Waals surface area contributed by atoms with Gasteiger partial charge in [0, 0.05) is 51.2 Å². The lowest BCUT2D eigenvalue weighted by Gasteiger charge is -2.35. The molecule has 1 aliphatic rings. The molecule has 1 saturated heterocycles. The number of nitrogens with zero attached hydrogens (tertiary/aromatic N) is 7. The summed E-state index contributed by atoms with van der Waals surface area (Å²) in [6.45, 7) is 8.54. The molecule has 30 heavy (non-hydrogen) atoms. The summed E-state index contributed by atoms with van der Waals surface area (Å²) in [6, 6.07) is 5.83. The minimum Gasteiger partial charge on any atom is -0.353 e. The molecular weight excluding hydrogens is 380 g/mol. The maximum Gasteiger partial charge on any atom is 0.257 e. The zero-order valence-electron chi connectivity index (χ0n) is 17.8. The summed E-state index contributed by atoms with van der Waals surface area (Å²) in [7, 11) is 1.87. The fourth-order valence-corrected chi connectivity index (χ4v) is 3.70. The molecule has 1 N–H and O–H groups in total. The van der Waals surface area contributed by atoms with Crippen LogP contribution in [0.1, 0.15) is 27.3 Å². The summed E-state index contributed by atoms with van der Waals surface area (Å²) in [6.07, 6.45) is 3.31. The molecule has 4 rings (SSSR count). The van der Waals surface area contributed by atoms with Gasteiger partial charge in [-0.05, 0) is 38.5 Å². The Morgan fingerprint density at radius 2 is 1.73 bits per heavy atom. The Morgan fingerprint density at radius 3 is 2.40 bits per heavy atom. The first kappa shape index (κ1) is 19.8. The minimum absolute atomic E-state index is 0.0494. The highest BCUT2D eigenvalue weighted by Gasteiger charge is 2.27. The van der Waals surface area contributed by atoms with Crippen molar-refractivity contribution in [3.63, 3.8) is 0 Å². The predicted octanol–water partition coefficient (Wildman–Crippen LogP) is 2.24. The molecule has 0 bridgehead atoms. The number of rotatable bonds is 4. The van der Waals surface area contributed by atoms with E-state index < -0.39 is 0 Å². The molecule has 3 aromatic heterocycles. The monoisotopic (exact) mass is 406 g/mol. The second-order valence-corrected chi connectivity index (χ2v) is 7.55. The van der Waals surface area contributed by atoms with Gasteiger partial charge >= 0.3 is 0 Å². The molecule has 1 fully saturated rings. The normalized spacial score (nSPS) is 14.1. The van der Waals surface area contributed by atoms with Crippen molar-refractivity contribution in [3.8, 4) is 0 Å². The van der Waals surface area contributed by atoms with Gasteiger partial charge in [0.15, 0.2) is 0 Å². The highest BCUT2D eigenvalue weighted by molar-refractivity contribution is 5.96. The van der Waals surface area contributed by atoms with Crippen molar-refractivity contribution in [2.24, 2.45) is 7.05 Å². The molecule has 3 aromatic rings. The Balaban J connectivity index is 1.42. The Hall–Kier alpha value is -3.49. The lowest BCUT2D eigenvalue weighted by molar-refractivity contribution is 0.0745. The van der Waals surface area contributed by atoms with E-state index in [1.165, 1.54) is 0 Å². The quantitative estimate of drug-likeness (QED) is 0.710. The second kappa shape index (κ2) is 8.10. The van der Waals surface area contributed by atoms with Crippen molar-refractivity contribution in [1.29, 1.82) is 0 Å². The predicted molar refractivity (Wildman–Crippen MR) is 115 cm³/mol. The van der Waals surface area contributed by atoms with Gasteiger partial charge in [0.25, 0.3) is 5.91 Å². The van der Waals surface area contributed by atoms with Gasteiger partial charge < -0.3 is 15.1 Å². The number of hydrogen-bond acceptors (Lipinski definition) is 7. The first-order valence-corrected chi connectivity index (χ1v) is 9.98. The smallest absolute Gasteiger partial charge is 0.257 e. The molecule has 1 aliphatic heterocycles. The first-order chi connectivity index (χ1) is 14.4. The molecule has 1 amide bonds. The van der Waals surface area contributed by atoms with E-state index in [1.807, 2.05) is 50.9 Å². The molecule has 0 atom stereocenters. The average Bonchev–Trinajstić information content (AvgIpc) is 2.99. The van der Waals surface area contributed by atoms with Crippen LogP contribution in [0.25, 0.3) is 0 Å². The number of hydrogen-bond donors (Lipinski definition) is 1. The number of amides is 1. The zero-order chi connectivity index (χ0) is 21.3. The number of pyridine rings is 1. The molecule has 0 aliphatic carbocycles. The highest BCUT2D eigenvalue weighted by Crippen LogP contribution is 2.21. The topological polar surface area (TPSA) is 92.1 Å². The highest BCUT2D eigenvalue weighted by atomic mass is 16.2. The van der Waals surface area contributed by atoms with Gasteiger partial charge in [0.05, 0.1) is 11.3 Å². The number of aromatic nitrogens is 5. The van der Waals surface area contributed by atoms with E-state index in [0.29, 0.717) is 37.6 Å². The third-order valence-corrected chi connectivity index (χ3v) is 5.44. The molecular formula is C21H26N8O. The van der Waals surface area contributed by atoms with E-state index in [2.05, 4.69) is 30.3 Å². The van der Waals surface area contributed by atoms with Gasteiger partial charge in [-0.1, -0.05) is 0 Å². The van der Waals surface area contributed by atoms with Gasteiger partial charge in [-0.25, -0.2) is 15.0 Å². The molecule has 0 spiro atoms. The summed E-state index contributed by atoms with van der Waals surface area (Å²) in [5.74, 6) is 2.32.